The zero-order valence-electron chi connectivity index (χ0n) is 11.8. The fraction of sp³-hybridized carbons (Fsp3) is 0.625. The van der Waals surface area contributed by atoms with E-state index in [1.54, 1.807) is 6.07 Å². The molecule has 1 aromatic rings. The predicted molar refractivity (Wildman–Crippen MR) is 79.1 cm³/mol. The van der Waals surface area contributed by atoms with Crippen molar-refractivity contribution < 1.29 is 4.39 Å². The highest BCUT2D eigenvalue weighted by Crippen LogP contribution is 2.31. The molecule has 0 heterocycles. The largest absolute Gasteiger partial charge is 0.316 e. The van der Waals surface area contributed by atoms with Gasteiger partial charge in [0.2, 0.25) is 0 Å². The third-order valence-electron chi connectivity index (χ3n) is 4.44. The highest BCUT2D eigenvalue weighted by molar-refractivity contribution is 6.30. The van der Waals surface area contributed by atoms with Crippen LogP contribution in [0.25, 0.3) is 0 Å². The second-order valence-corrected chi connectivity index (χ2v) is 6.27. The first-order valence-electron chi connectivity index (χ1n) is 7.21. The van der Waals surface area contributed by atoms with Crippen molar-refractivity contribution in [3.8, 4) is 0 Å². The number of benzene rings is 1. The highest BCUT2D eigenvalue weighted by atomic mass is 35.5. The van der Waals surface area contributed by atoms with Crippen LogP contribution >= 0.6 is 11.6 Å². The highest BCUT2D eigenvalue weighted by Gasteiger charge is 2.25. The lowest BCUT2D eigenvalue weighted by Crippen LogP contribution is -2.37. The van der Waals surface area contributed by atoms with E-state index in [2.05, 4.69) is 12.2 Å². The Bertz CT molecular complexity index is 413. The number of hydrogen-bond donors (Lipinski definition) is 1. The van der Waals surface area contributed by atoms with Crippen molar-refractivity contribution in [2.24, 2.45) is 11.8 Å². The van der Waals surface area contributed by atoms with E-state index in [4.69, 9.17) is 11.6 Å². The molecule has 1 atom stereocenters. The molecule has 1 fully saturated rings. The number of likely N-dealkylation sites (N-methyl/N-ethyl adjacent to an activating group) is 1. The molecule has 1 aliphatic rings. The summed E-state index contributed by atoms with van der Waals surface area (Å²) in [5.41, 5.74) is 1.12. The molecule has 106 valence electrons. The number of halogens is 2. The Morgan fingerprint density at radius 1 is 1.32 bits per heavy atom. The first-order valence-corrected chi connectivity index (χ1v) is 7.59. The fourth-order valence-corrected chi connectivity index (χ4v) is 3.32. The smallest absolute Gasteiger partial charge is 0.141 e. The van der Waals surface area contributed by atoms with Gasteiger partial charge in [0.05, 0.1) is 5.02 Å². The summed E-state index contributed by atoms with van der Waals surface area (Å²) in [4.78, 5) is 0. The first kappa shape index (κ1) is 14.8. The van der Waals surface area contributed by atoms with Crippen LogP contribution in [0.3, 0.4) is 0 Å². The standard InChI is InChI=1S/C16H23ClFN/c1-11-3-6-13(7-4-11)16(19-2)10-12-5-8-15(18)14(17)9-12/h5,8-9,11,13,16,19H,3-4,6-7,10H2,1-2H3. The van der Waals surface area contributed by atoms with Gasteiger partial charge in [0, 0.05) is 6.04 Å². The summed E-state index contributed by atoms with van der Waals surface area (Å²) in [6.07, 6.45) is 6.17. The molecule has 0 bridgehead atoms. The minimum Gasteiger partial charge on any atom is -0.316 e. The van der Waals surface area contributed by atoms with Crippen molar-refractivity contribution >= 4 is 11.6 Å². The van der Waals surface area contributed by atoms with E-state index in [1.807, 2.05) is 13.1 Å². The second-order valence-electron chi connectivity index (χ2n) is 5.87. The quantitative estimate of drug-likeness (QED) is 0.862. The van der Waals surface area contributed by atoms with Gasteiger partial charge in [-0.2, -0.15) is 0 Å². The van der Waals surface area contributed by atoms with E-state index in [0.717, 1.165) is 23.8 Å². The molecular formula is C16H23ClFN. The molecule has 0 radical (unpaired) electrons. The molecule has 0 aromatic heterocycles. The van der Waals surface area contributed by atoms with E-state index in [0.29, 0.717) is 6.04 Å². The first-order chi connectivity index (χ1) is 9.10. The lowest BCUT2D eigenvalue weighted by atomic mass is 9.78. The summed E-state index contributed by atoms with van der Waals surface area (Å²) >= 11 is 5.85. The summed E-state index contributed by atoms with van der Waals surface area (Å²) in [5.74, 6) is 1.26. The molecule has 2 rings (SSSR count). The summed E-state index contributed by atoms with van der Waals surface area (Å²) in [7, 11) is 2.02. The third kappa shape index (κ3) is 3.93. The van der Waals surface area contributed by atoms with Crippen molar-refractivity contribution in [3.05, 3.63) is 34.6 Å². The average molecular weight is 284 g/mol. The van der Waals surface area contributed by atoms with Crippen LogP contribution < -0.4 is 5.32 Å². The molecule has 1 aromatic carbocycles. The monoisotopic (exact) mass is 283 g/mol. The summed E-state index contributed by atoms with van der Waals surface area (Å²) in [5, 5.41) is 3.66. The van der Waals surface area contributed by atoms with Gasteiger partial charge in [0.1, 0.15) is 5.82 Å². The Morgan fingerprint density at radius 3 is 2.58 bits per heavy atom. The molecule has 0 aliphatic heterocycles. The third-order valence-corrected chi connectivity index (χ3v) is 4.73. The SMILES string of the molecule is CNC(Cc1ccc(F)c(Cl)c1)C1CCC(C)CC1. The van der Waals surface area contributed by atoms with Crippen LogP contribution in [-0.2, 0) is 6.42 Å². The molecule has 0 saturated heterocycles. The molecule has 3 heteroatoms. The summed E-state index contributed by atoms with van der Waals surface area (Å²) < 4.78 is 13.2. The van der Waals surface area contributed by atoms with Crippen LogP contribution in [-0.4, -0.2) is 13.1 Å². The van der Waals surface area contributed by atoms with E-state index in [-0.39, 0.29) is 10.8 Å². The maximum Gasteiger partial charge on any atom is 0.141 e. The number of rotatable bonds is 4. The van der Waals surface area contributed by atoms with E-state index < -0.39 is 0 Å². The lowest BCUT2D eigenvalue weighted by Gasteiger charge is -2.32. The van der Waals surface area contributed by atoms with Crippen LogP contribution in [0, 0.1) is 17.7 Å². The number of hydrogen-bond acceptors (Lipinski definition) is 1. The topological polar surface area (TPSA) is 12.0 Å². The zero-order valence-corrected chi connectivity index (χ0v) is 12.5. The molecular weight excluding hydrogens is 261 g/mol. The van der Waals surface area contributed by atoms with Crippen molar-refractivity contribution in [2.45, 2.75) is 45.1 Å². The Labute approximate surface area is 120 Å². The van der Waals surface area contributed by atoms with Gasteiger partial charge in [-0.05, 0) is 55.8 Å². The molecule has 0 spiro atoms. The summed E-state index contributed by atoms with van der Waals surface area (Å²) in [6.45, 7) is 2.34. The average Bonchev–Trinajstić information content (AvgIpc) is 2.41. The van der Waals surface area contributed by atoms with Crippen LogP contribution in [0.2, 0.25) is 5.02 Å². The summed E-state index contributed by atoms with van der Waals surface area (Å²) in [6, 6.07) is 5.53. The maximum atomic E-state index is 13.2. The molecule has 1 nitrogen and oxygen atoms in total. The molecule has 1 N–H and O–H groups in total. The van der Waals surface area contributed by atoms with Crippen molar-refractivity contribution in [3.63, 3.8) is 0 Å². The fourth-order valence-electron chi connectivity index (χ4n) is 3.11. The molecule has 0 amide bonds. The van der Waals surface area contributed by atoms with Gasteiger partial charge in [-0.25, -0.2) is 4.39 Å². The Balaban J connectivity index is 2.00. The van der Waals surface area contributed by atoms with Gasteiger partial charge < -0.3 is 5.32 Å². The molecule has 1 saturated carbocycles. The van der Waals surface area contributed by atoms with E-state index in [9.17, 15) is 4.39 Å². The zero-order chi connectivity index (χ0) is 13.8. The number of nitrogens with one attached hydrogen (secondary N) is 1. The molecule has 1 aliphatic carbocycles. The van der Waals surface area contributed by atoms with Crippen LogP contribution in [0.1, 0.15) is 38.2 Å². The maximum absolute atomic E-state index is 13.2. The molecule has 19 heavy (non-hydrogen) atoms. The van der Waals surface area contributed by atoms with Gasteiger partial charge in [-0.3, -0.25) is 0 Å². The van der Waals surface area contributed by atoms with Crippen LogP contribution in [0.15, 0.2) is 18.2 Å². The predicted octanol–water partition coefficient (Wildman–Crippen LogP) is 4.44. The minimum absolute atomic E-state index is 0.226. The molecule has 1 unspecified atom stereocenters. The van der Waals surface area contributed by atoms with Gasteiger partial charge >= 0.3 is 0 Å². The van der Waals surface area contributed by atoms with Crippen molar-refractivity contribution in [1.82, 2.24) is 5.32 Å². The van der Waals surface area contributed by atoms with Crippen molar-refractivity contribution in [1.29, 1.82) is 0 Å². The second kappa shape index (κ2) is 6.71. The Morgan fingerprint density at radius 2 is 2.00 bits per heavy atom. The van der Waals surface area contributed by atoms with E-state index in [1.165, 1.54) is 31.7 Å². The van der Waals surface area contributed by atoms with Crippen LogP contribution in [0.4, 0.5) is 4.39 Å². The van der Waals surface area contributed by atoms with Crippen molar-refractivity contribution in [2.75, 3.05) is 7.05 Å². The van der Waals surface area contributed by atoms with Gasteiger partial charge in [-0.1, -0.05) is 37.4 Å². The lowest BCUT2D eigenvalue weighted by molar-refractivity contribution is 0.235. The Kier molecular flexibility index (Phi) is 5.23. The van der Waals surface area contributed by atoms with Gasteiger partial charge in [0.25, 0.3) is 0 Å². The minimum atomic E-state index is -0.335. The van der Waals surface area contributed by atoms with Gasteiger partial charge in [-0.15, -0.1) is 0 Å². The normalized spacial score (nSPS) is 25.3. The Hall–Kier alpha value is -0.600. The van der Waals surface area contributed by atoms with E-state index >= 15 is 0 Å². The van der Waals surface area contributed by atoms with Gasteiger partial charge in [0.15, 0.2) is 0 Å². The van der Waals surface area contributed by atoms with Crippen LogP contribution in [0.5, 0.6) is 0 Å².